The first-order valence-electron chi connectivity index (χ1n) is 3.90. The summed E-state index contributed by atoms with van der Waals surface area (Å²) in [5.74, 6) is -2.43. The maximum atomic E-state index is 10.7. The third-order valence-electron chi connectivity index (χ3n) is 1.59. The minimum Gasteiger partial charge on any atom is -0.478 e. The predicted molar refractivity (Wildman–Crippen MR) is 52.3 cm³/mol. The van der Waals surface area contributed by atoms with E-state index < -0.39 is 11.9 Å². The number of aromatic carboxylic acids is 1. The lowest BCUT2D eigenvalue weighted by atomic mass is 10.2. The summed E-state index contributed by atoms with van der Waals surface area (Å²) in [6, 6.07) is 1.25. The first kappa shape index (κ1) is 10.7. The third kappa shape index (κ3) is 2.80. The Labute approximate surface area is 84.7 Å². The maximum Gasteiger partial charge on any atom is 0.339 e. The number of nitrogen functional groups attached to an aromatic ring is 1. The molecule has 0 aliphatic rings. The van der Waals surface area contributed by atoms with E-state index in [0.717, 1.165) is 6.08 Å². The molecule has 0 saturated heterocycles. The van der Waals surface area contributed by atoms with E-state index in [1.807, 2.05) is 0 Å². The first-order valence-corrected chi connectivity index (χ1v) is 3.90. The fourth-order valence-electron chi connectivity index (χ4n) is 0.921. The van der Waals surface area contributed by atoms with Crippen LogP contribution in [-0.2, 0) is 4.79 Å². The lowest BCUT2D eigenvalue weighted by molar-refractivity contribution is -0.131. The third-order valence-corrected chi connectivity index (χ3v) is 1.59. The highest BCUT2D eigenvalue weighted by Crippen LogP contribution is 2.11. The number of carboxylic acids is 2. The average molecular weight is 208 g/mol. The van der Waals surface area contributed by atoms with E-state index in [2.05, 4.69) is 4.98 Å². The molecular formula is C9H8N2O4. The Hall–Kier alpha value is -2.37. The van der Waals surface area contributed by atoms with Crippen molar-refractivity contribution in [2.45, 2.75) is 0 Å². The van der Waals surface area contributed by atoms with Gasteiger partial charge < -0.3 is 15.9 Å². The van der Waals surface area contributed by atoms with Crippen molar-refractivity contribution in [1.29, 1.82) is 0 Å². The van der Waals surface area contributed by atoms with Gasteiger partial charge >= 0.3 is 11.9 Å². The Balaban J connectivity index is 3.08. The number of rotatable bonds is 3. The lowest BCUT2D eigenvalue weighted by Gasteiger charge is -2.00. The zero-order chi connectivity index (χ0) is 11.4. The Bertz CT molecular complexity index is 440. The lowest BCUT2D eigenvalue weighted by Crippen LogP contribution is -2.04. The first-order chi connectivity index (χ1) is 7.00. The van der Waals surface area contributed by atoms with E-state index in [4.69, 9.17) is 15.9 Å². The smallest absolute Gasteiger partial charge is 0.339 e. The van der Waals surface area contributed by atoms with Gasteiger partial charge in [0.2, 0.25) is 0 Å². The van der Waals surface area contributed by atoms with Crippen LogP contribution < -0.4 is 5.73 Å². The molecule has 0 aromatic carbocycles. The predicted octanol–water partition coefficient (Wildman–Crippen LogP) is 0.460. The molecule has 0 amide bonds. The van der Waals surface area contributed by atoms with Crippen molar-refractivity contribution in [3.05, 3.63) is 29.5 Å². The summed E-state index contributed by atoms with van der Waals surface area (Å²) in [6.07, 6.45) is 3.42. The van der Waals surface area contributed by atoms with Crippen LogP contribution in [0.3, 0.4) is 0 Å². The van der Waals surface area contributed by atoms with Crippen molar-refractivity contribution in [3.8, 4) is 0 Å². The topological polar surface area (TPSA) is 114 Å². The van der Waals surface area contributed by atoms with Crippen molar-refractivity contribution < 1.29 is 19.8 Å². The van der Waals surface area contributed by atoms with Crippen LogP contribution in [0.1, 0.15) is 15.9 Å². The van der Waals surface area contributed by atoms with E-state index in [-0.39, 0.29) is 11.4 Å². The summed E-state index contributed by atoms with van der Waals surface area (Å²) in [7, 11) is 0. The number of aliphatic carboxylic acids is 1. The minimum absolute atomic E-state index is 0.102. The van der Waals surface area contributed by atoms with E-state index >= 15 is 0 Å². The molecule has 0 aliphatic carbocycles. The van der Waals surface area contributed by atoms with Gasteiger partial charge in [0.25, 0.3) is 0 Å². The number of hydrogen-bond acceptors (Lipinski definition) is 4. The van der Waals surface area contributed by atoms with Crippen LogP contribution in [0.25, 0.3) is 6.08 Å². The van der Waals surface area contributed by atoms with Crippen LogP contribution in [0.2, 0.25) is 0 Å². The Morgan fingerprint density at radius 3 is 2.60 bits per heavy atom. The fourth-order valence-corrected chi connectivity index (χ4v) is 0.921. The number of carboxylic acid groups (broad SMARTS) is 2. The zero-order valence-electron chi connectivity index (χ0n) is 7.54. The molecule has 6 heteroatoms. The number of anilines is 1. The highest BCUT2D eigenvalue weighted by atomic mass is 16.4. The van der Waals surface area contributed by atoms with Gasteiger partial charge in [-0.25, -0.2) is 14.6 Å². The highest BCUT2D eigenvalue weighted by Gasteiger charge is 2.08. The van der Waals surface area contributed by atoms with Gasteiger partial charge in [0.15, 0.2) is 0 Å². The van der Waals surface area contributed by atoms with Gasteiger partial charge in [0.05, 0.1) is 0 Å². The standard InChI is InChI=1S/C9H8N2O4/c10-8-6(9(14)15)3-5(4-11-8)1-2-7(12)13/h1-4H,(H2,10,11)(H,12,13)(H,14,15). The molecule has 1 rings (SSSR count). The molecule has 0 bridgehead atoms. The number of aromatic nitrogens is 1. The molecule has 0 unspecified atom stereocenters. The maximum absolute atomic E-state index is 10.7. The van der Waals surface area contributed by atoms with Crippen molar-refractivity contribution in [2.24, 2.45) is 0 Å². The Morgan fingerprint density at radius 1 is 1.40 bits per heavy atom. The molecule has 1 aromatic heterocycles. The summed E-state index contributed by atoms with van der Waals surface area (Å²) in [4.78, 5) is 24.5. The van der Waals surface area contributed by atoms with Crippen LogP contribution in [0.15, 0.2) is 18.3 Å². The minimum atomic E-state index is -1.20. The van der Waals surface area contributed by atoms with Gasteiger partial charge in [-0.05, 0) is 17.7 Å². The number of nitrogens with two attached hydrogens (primary N) is 1. The second-order valence-corrected chi connectivity index (χ2v) is 2.68. The van der Waals surface area contributed by atoms with Crippen molar-refractivity contribution in [1.82, 2.24) is 4.98 Å². The molecule has 0 radical (unpaired) electrons. The van der Waals surface area contributed by atoms with Gasteiger partial charge in [-0.2, -0.15) is 0 Å². The van der Waals surface area contributed by atoms with Crippen LogP contribution in [-0.4, -0.2) is 27.1 Å². The van der Waals surface area contributed by atoms with Gasteiger partial charge in [0, 0.05) is 12.3 Å². The summed E-state index contributed by atoms with van der Waals surface area (Å²) in [6.45, 7) is 0. The summed E-state index contributed by atoms with van der Waals surface area (Å²) in [5.41, 5.74) is 5.53. The molecule has 0 atom stereocenters. The molecule has 1 heterocycles. The second-order valence-electron chi connectivity index (χ2n) is 2.68. The summed E-state index contributed by atoms with van der Waals surface area (Å²) < 4.78 is 0. The molecule has 15 heavy (non-hydrogen) atoms. The molecule has 1 aromatic rings. The monoisotopic (exact) mass is 208 g/mol. The van der Waals surface area contributed by atoms with E-state index in [0.29, 0.717) is 5.56 Å². The van der Waals surface area contributed by atoms with Gasteiger partial charge in [-0.1, -0.05) is 0 Å². The number of carbonyl (C=O) groups is 2. The fraction of sp³-hybridized carbons (Fsp3) is 0. The average Bonchev–Trinajstić information content (AvgIpc) is 2.16. The van der Waals surface area contributed by atoms with Crippen LogP contribution in [0.5, 0.6) is 0 Å². The van der Waals surface area contributed by atoms with Crippen molar-refractivity contribution in [2.75, 3.05) is 5.73 Å². The highest BCUT2D eigenvalue weighted by molar-refractivity contribution is 5.93. The van der Waals surface area contributed by atoms with Gasteiger partial charge in [-0.3, -0.25) is 0 Å². The van der Waals surface area contributed by atoms with Gasteiger partial charge in [-0.15, -0.1) is 0 Å². The quantitative estimate of drug-likeness (QED) is 0.622. The molecule has 0 fully saturated rings. The molecule has 4 N–H and O–H groups in total. The van der Waals surface area contributed by atoms with Crippen LogP contribution >= 0.6 is 0 Å². The molecule has 0 spiro atoms. The van der Waals surface area contributed by atoms with E-state index in [1.165, 1.54) is 18.3 Å². The largest absolute Gasteiger partial charge is 0.478 e. The van der Waals surface area contributed by atoms with E-state index in [9.17, 15) is 9.59 Å². The second kappa shape index (κ2) is 4.23. The molecule has 78 valence electrons. The summed E-state index contributed by atoms with van der Waals surface area (Å²) in [5, 5.41) is 17.1. The zero-order valence-corrected chi connectivity index (χ0v) is 7.54. The van der Waals surface area contributed by atoms with Crippen LogP contribution in [0, 0.1) is 0 Å². The van der Waals surface area contributed by atoms with Crippen molar-refractivity contribution in [3.63, 3.8) is 0 Å². The number of nitrogens with zero attached hydrogens (tertiary/aromatic N) is 1. The van der Waals surface area contributed by atoms with Gasteiger partial charge in [0.1, 0.15) is 11.4 Å². The summed E-state index contributed by atoms with van der Waals surface area (Å²) >= 11 is 0. The van der Waals surface area contributed by atoms with E-state index in [1.54, 1.807) is 0 Å². The normalized spacial score (nSPS) is 10.4. The SMILES string of the molecule is Nc1ncc(C=CC(=O)O)cc1C(=O)O. The molecule has 0 saturated carbocycles. The number of pyridine rings is 1. The van der Waals surface area contributed by atoms with Crippen molar-refractivity contribution >= 4 is 23.8 Å². The molecule has 6 nitrogen and oxygen atoms in total. The van der Waals surface area contributed by atoms with Crippen LogP contribution in [0.4, 0.5) is 5.82 Å². The molecule has 0 aliphatic heterocycles. The molecular weight excluding hydrogens is 200 g/mol. The number of hydrogen-bond donors (Lipinski definition) is 3. The Morgan fingerprint density at radius 2 is 2.07 bits per heavy atom. The Kier molecular flexibility index (Phi) is 3.02.